The molecule has 1 aliphatic heterocycles. The van der Waals surface area contributed by atoms with E-state index in [1.165, 1.54) is 5.56 Å². The Balaban J connectivity index is 1.80. The molecule has 2 rings (SSSR count). The SMILES string of the molecule is COc1ccc(CN2CCC(CC(=O)O)CC2)cc1. The molecule has 0 spiro atoms. The summed E-state index contributed by atoms with van der Waals surface area (Å²) in [6.45, 7) is 2.91. The second kappa shape index (κ2) is 6.57. The van der Waals surface area contributed by atoms with Crippen LogP contribution in [0.2, 0.25) is 0 Å². The van der Waals surface area contributed by atoms with E-state index in [0.29, 0.717) is 12.3 Å². The van der Waals surface area contributed by atoms with Gasteiger partial charge in [-0.25, -0.2) is 0 Å². The van der Waals surface area contributed by atoms with E-state index >= 15 is 0 Å². The third-order valence-electron chi connectivity index (χ3n) is 3.74. The normalized spacial score (nSPS) is 17.3. The molecule has 1 aromatic carbocycles. The highest BCUT2D eigenvalue weighted by atomic mass is 16.5. The molecule has 1 N–H and O–H groups in total. The highest BCUT2D eigenvalue weighted by Gasteiger charge is 2.21. The number of aliphatic carboxylic acids is 1. The monoisotopic (exact) mass is 263 g/mol. The Morgan fingerprint density at radius 2 is 1.95 bits per heavy atom. The number of hydrogen-bond acceptors (Lipinski definition) is 3. The maximum atomic E-state index is 10.7. The fraction of sp³-hybridized carbons (Fsp3) is 0.533. The van der Waals surface area contributed by atoms with Crippen LogP contribution in [0.5, 0.6) is 5.75 Å². The van der Waals surface area contributed by atoms with Gasteiger partial charge in [0.1, 0.15) is 5.75 Å². The third kappa shape index (κ3) is 4.24. The lowest BCUT2D eigenvalue weighted by molar-refractivity contribution is -0.138. The van der Waals surface area contributed by atoms with Gasteiger partial charge in [0.05, 0.1) is 7.11 Å². The first kappa shape index (κ1) is 13.9. The Labute approximate surface area is 114 Å². The molecule has 0 aromatic heterocycles. The zero-order valence-corrected chi connectivity index (χ0v) is 11.3. The Hall–Kier alpha value is -1.55. The van der Waals surface area contributed by atoms with Gasteiger partial charge < -0.3 is 9.84 Å². The summed E-state index contributed by atoms with van der Waals surface area (Å²) >= 11 is 0. The Morgan fingerprint density at radius 3 is 2.47 bits per heavy atom. The van der Waals surface area contributed by atoms with E-state index in [1.54, 1.807) is 7.11 Å². The molecule has 0 unspecified atom stereocenters. The molecule has 19 heavy (non-hydrogen) atoms. The van der Waals surface area contributed by atoms with Crippen molar-refractivity contribution < 1.29 is 14.6 Å². The lowest BCUT2D eigenvalue weighted by Gasteiger charge is -2.31. The predicted octanol–water partition coefficient (Wildman–Crippen LogP) is 2.38. The molecule has 1 aromatic rings. The molecule has 4 heteroatoms. The van der Waals surface area contributed by atoms with Crippen LogP contribution in [0.15, 0.2) is 24.3 Å². The van der Waals surface area contributed by atoms with E-state index in [9.17, 15) is 4.79 Å². The number of carboxylic acid groups (broad SMARTS) is 1. The van der Waals surface area contributed by atoms with Gasteiger partial charge in [-0.2, -0.15) is 0 Å². The zero-order chi connectivity index (χ0) is 13.7. The summed E-state index contributed by atoms with van der Waals surface area (Å²) in [5, 5.41) is 8.79. The third-order valence-corrected chi connectivity index (χ3v) is 3.74. The number of hydrogen-bond donors (Lipinski definition) is 1. The summed E-state index contributed by atoms with van der Waals surface area (Å²) in [4.78, 5) is 13.1. The van der Waals surface area contributed by atoms with Gasteiger partial charge in [0, 0.05) is 13.0 Å². The summed E-state index contributed by atoms with van der Waals surface area (Å²) in [5.74, 6) is 0.558. The van der Waals surface area contributed by atoms with E-state index < -0.39 is 5.97 Å². The summed E-state index contributed by atoms with van der Waals surface area (Å²) in [7, 11) is 1.67. The van der Waals surface area contributed by atoms with Crippen LogP contribution in [-0.4, -0.2) is 36.2 Å². The topological polar surface area (TPSA) is 49.8 Å². The van der Waals surface area contributed by atoms with Crippen LogP contribution < -0.4 is 4.74 Å². The first-order chi connectivity index (χ1) is 9.17. The van der Waals surface area contributed by atoms with Crippen molar-refractivity contribution >= 4 is 5.97 Å². The van der Waals surface area contributed by atoms with Crippen LogP contribution in [0.3, 0.4) is 0 Å². The fourth-order valence-electron chi connectivity index (χ4n) is 2.58. The van der Waals surface area contributed by atoms with E-state index in [-0.39, 0.29) is 0 Å². The number of rotatable bonds is 5. The average molecular weight is 263 g/mol. The number of ether oxygens (including phenoxy) is 1. The number of benzene rings is 1. The minimum Gasteiger partial charge on any atom is -0.497 e. The average Bonchev–Trinajstić information content (AvgIpc) is 2.41. The van der Waals surface area contributed by atoms with Crippen molar-refractivity contribution in [1.29, 1.82) is 0 Å². The van der Waals surface area contributed by atoms with Crippen LogP contribution in [-0.2, 0) is 11.3 Å². The van der Waals surface area contributed by atoms with Crippen molar-refractivity contribution in [2.24, 2.45) is 5.92 Å². The molecular formula is C15H21NO3. The van der Waals surface area contributed by atoms with E-state index in [0.717, 1.165) is 38.2 Å². The maximum absolute atomic E-state index is 10.7. The molecule has 4 nitrogen and oxygen atoms in total. The number of piperidine rings is 1. The Bertz CT molecular complexity index is 408. The molecule has 0 aliphatic carbocycles. The first-order valence-electron chi connectivity index (χ1n) is 6.74. The smallest absolute Gasteiger partial charge is 0.303 e. The number of nitrogens with zero attached hydrogens (tertiary/aromatic N) is 1. The van der Waals surface area contributed by atoms with Crippen LogP contribution in [0.4, 0.5) is 0 Å². The van der Waals surface area contributed by atoms with Gasteiger partial charge >= 0.3 is 5.97 Å². The van der Waals surface area contributed by atoms with Gasteiger partial charge in [-0.3, -0.25) is 9.69 Å². The quantitative estimate of drug-likeness (QED) is 0.886. The molecule has 0 atom stereocenters. The van der Waals surface area contributed by atoms with Crippen molar-refractivity contribution in [3.63, 3.8) is 0 Å². The second-order valence-electron chi connectivity index (χ2n) is 5.17. The minimum atomic E-state index is -0.673. The van der Waals surface area contributed by atoms with Crippen LogP contribution >= 0.6 is 0 Å². The van der Waals surface area contributed by atoms with E-state index in [4.69, 9.17) is 9.84 Å². The van der Waals surface area contributed by atoms with Crippen LogP contribution in [0.1, 0.15) is 24.8 Å². The number of carboxylic acids is 1. The Kier molecular flexibility index (Phi) is 4.80. The Morgan fingerprint density at radius 1 is 1.32 bits per heavy atom. The van der Waals surface area contributed by atoms with E-state index in [2.05, 4.69) is 17.0 Å². The van der Waals surface area contributed by atoms with Gasteiger partial charge in [-0.15, -0.1) is 0 Å². The zero-order valence-electron chi connectivity index (χ0n) is 11.3. The van der Waals surface area contributed by atoms with Gasteiger partial charge in [0.2, 0.25) is 0 Å². The molecule has 1 saturated heterocycles. The second-order valence-corrected chi connectivity index (χ2v) is 5.17. The van der Waals surface area contributed by atoms with Crippen LogP contribution in [0, 0.1) is 5.92 Å². The molecule has 1 heterocycles. The molecule has 0 saturated carbocycles. The standard InChI is InChI=1S/C15H21NO3/c1-19-14-4-2-13(3-5-14)11-16-8-6-12(7-9-16)10-15(17)18/h2-5,12H,6-11H2,1H3,(H,17,18). The predicted molar refractivity (Wildman–Crippen MR) is 73.2 cm³/mol. The summed E-state index contributed by atoms with van der Waals surface area (Å²) in [6.07, 6.45) is 2.29. The molecule has 0 radical (unpaired) electrons. The highest BCUT2D eigenvalue weighted by Crippen LogP contribution is 2.22. The lowest BCUT2D eigenvalue weighted by atomic mass is 9.93. The molecule has 0 amide bonds. The largest absolute Gasteiger partial charge is 0.497 e. The minimum absolute atomic E-state index is 0.316. The highest BCUT2D eigenvalue weighted by molar-refractivity contribution is 5.67. The molecule has 104 valence electrons. The van der Waals surface area contributed by atoms with Gasteiger partial charge in [0.25, 0.3) is 0 Å². The molecule has 1 aliphatic rings. The number of methoxy groups -OCH3 is 1. The van der Waals surface area contributed by atoms with Crippen molar-refractivity contribution in [2.75, 3.05) is 20.2 Å². The molecule has 0 bridgehead atoms. The van der Waals surface area contributed by atoms with Crippen molar-refractivity contribution in [1.82, 2.24) is 4.90 Å². The first-order valence-corrected chi connectivity index (χ1v) is 6.74. The van der Waals surface area contributed by atoms with Gasteiger partial charge in [-0.1, -0.05) is 12.1 Å². The number of likely N-dealkylation sites (tertiary alicyclic amines) is 1. The fourth-order valence-corrected chi connectivity index (χ4v) is 2.58. The lowest BCUT2D eigenvalue weighted by Crippen LogP contribution is -2.33. The molecular weight excluding hydrogens is 242 g/mol. The van der Waals surface area contributed by atoms with Crippen molar-refractivity contribution in [2.45, 2.75) is 25.8 Å². The number of carbonyl (C=O) groups is 1. The van der Waals surface area contributed by atoms with E-state index in [1.807, 2.05) is 12.1 Å². The van der Waals surface area contributed by atoms with Gasteiger partial charge in [-0.05, 0) is 49.5 Å². The summed E-state index contributed by atoms with van der Waals surface area (Å²) in [6, 6.07) is 8.13. The van der Waals surface area contributed by atoms with Crippen molar-refractivity contribution in [3.8, 4) is 5.75 Å². The summed E-state index contributed by atoms with van der Waals surface area (Å²) < 4.78 is 5.14. The maximum Gasteiger partial charge on any atom is 0.303 e. The van der Waals surface area contributed by atoms with Crippen molar-refractivity contribution in [3.05, 3.63) is 29.8 Å². The summed E-state index contributed by atoms with van der Waals surface area (Å²) in [5.41, 5.74) is 1.28. The molecule has 1 fully saturated rings. The van der Waals surface area contributed by atoms with Gasteiger partial charge in [0.15, 0.2) is 0 Å². The van der Waals surface area contributed by atoms with Crippen LogP contribution in [0.25, 0.3) is 0 Å².